The summed E-state index contributed by atoms with van der Waals surface area (Å²) in [4.78, 5) is 20.6. The van der Waals surface area contributed by atoms with Crippen LogP contribution in [0.25, 0.3) is 0 Å². The summed E-state index contributed by atoms with van der Waals surface area (Å²) < 4.78 is 11.3. The molecule has 148 valence electrons. The molecule has 1 amide bonds. The second-order valence-electron chi connectivity index (χ2n) is 6.70. The van der Waals surface area contributed by atoms with E-state index in [0.29, 0.717) is 18.1 Å². The minimum absolute atomic E-state index is 0.106. The van der Waals surface area contributed by atoms with E-state index in [2.05, 4.69) is 20.6 Å². The van der Waals surface area contributed by atoms with Crippen molar-refractivity contribution < 1.29 is 14.3 Å². The predicted octanol–water partition coefficient (Wildman–Crippen LogP) is 3.92. The van der Waals surface area contributed by atoms with Crippen LogP contribution >= 0.6 is 0 Å². The molecule has 1 aliphatic rings. The molecule has 29 heavy (non-hydrogen) atoms. The first kappa shape index (κ1) is 18.9. The van der Waals surface area contributed by atoms with Gasteiger partial charge < -0.3 is 20.1 Å². The molecule has 1 saturated heterocycles. The largest absolute Gasteiger partial charge is 0.457 e. The fourth-order valence-corrected chi connectivity index (χ4v) is 2.98. The molecular weight excluding hydrogens is 368 g/mol. The number of hydrogen-bond donors (Lipinski definition) is 2. The van der Waals surface area contributed by atoms with Crippen molar-refractivity contribution in [1.29, 1.82) is 0 Å². The van der Waals surface area contributed by atoms with E-state index >= 15 is 0 Å². The molecule has 1 aliphatic heterocycles. The van der Waals surface area contributed by atoms with Crippen molar-refractivity contribution in [3.8, 4) is 11.5 Å². The lowest BCUT2D eigenvalue weighted by Gasteiger charge is -2.11. The molecule has 1 unspecified atom stereocenters. The second-order valence-corrected chi connectivity index (χ2v) is 6.70. The Morgan fingerprint density at radius 3 is 2.45 bits per heavy atom. The predicted molar refractivity (Wildman–Crippen MR) is 110 cm³/mol. The monoisotopic (exact) mass is 390 g/mol. The van der Waals surface area contributed by atoms with E-state index in [1.165, 1.54) is 12.4 Å². The lowest BCUT2D eigenvalue weighted by molar-refractivity contribution is 0.0857. The van der Waals surface area contributed by atoms with Crippen molar-refractivity contribution in [2.45, 2.75) is 18.9 Å². The highest BCUT2D eigenvalue weighted by molar-refractivity contribution is 5.93. The maximum atomic E-state index is 12.2. The maximum Gasteiger partial charge on any atom is 0.254 e. The van der Waals surface area contributed by atoms with Crippen LogP contribution in [0.5, 0.6) is 11.5 Å². The quantitative estimate of drug-likeness (QED) is 0.636. The van der Waals surface area contributed by atoms with E-state index in [4.69, 9.17) is 9.47 Å². The summed E-state index contributed by atoms with van der Waals surface area (Å²) in [5.41, 5.74) is 1.24. The summed E-state index contributed by atoms with van der Waals surface area (Å²) in [5, 5.41) is 5.97. The van der Waals surface area contributed by atoms with Gasteiger partial charge in [-0.25, -0.2) is 9.97 Å². The van der Waals surface area contributed by atoms with Crippen LogP contribution in [0.15, 0.2) is 67.0 Å². The molecule has 0 spiro atoms. The van der Waals surface area contributed by atoms with E-state index in [1.54, 1.807) is 0 Å². The Hall–Kier alpha value is -3.45. The van der Waals surface area contributed by atoms with Crippen molar-refractivity contribution in [3.05, 3.63) is 72.6 Å². The Morgan fingerprint density at radius 2 is 1.76 bits per heavy atom. The fourth-order valence-electron chi connectivity index (χ4n) is 2.98. The standard InChI is InChI=1S/C22H22N4O3/c27-21(23-15-20-7-4-12-28-20)16-13-24-22(25-14-16)26-17-8-10-19(11-9-17)29-18-5-2-1-3-6-18/h1-3,5-6,8-11,13-14,20H,4,7,12,15H2,(H,23,27)(H,24,25,26). The first-order valence-corrected chi connectivity index (χ1v) is 9.58. The molecule has 1 aromatic heterocycles. The van der Waals surface area contributed by atoms with Gasteiger partial charge in [-0.2, -0.15) is 0 Å². The zero-order valence-corrected chi connectivity index (χ0v) is 15.9. The van der Waals surface area contributed by atoms with Crippen LogP contribution < -0.4 is 15.4 Å². The van der Waals surface area contributed by atoms with Crippen molar-refractivity contribution >= 4 is 17.5 Å². The average molecular weight is 390 g/mol. The van der Waals surface area contributed by atoms with Crippen LogP contribution in [0.2, 0.25) is 0 Å². The SMILES string of the molecule is O=C(NCC1CCCO1)c1cnc(Nc2ccc(Oc3ccccc3)cc2)nc1. The zero-order chi connectivity index (χ0) is 19.9. The van der Waals surface area contributed by atoms with Crippen molar-refractivity contribution in [2.24, 2.45) is 0 Å². The summed E-state index contributed by atoms with van der Waals surface area (Å²) in [5.74, 6) is 1.73. The molecule has 2 heterocycles. The summed E-state index contributed by atoms with van der Waals surface area (Å²) >= 11 is 0. The average Bonchev–Trinajstić information content (AvgIpc) is 3.28. The number of aromatic nitrogens is 2. The lowest BCUT2D eigenvalue weighted by Crippen LogP contribution is -2.31. The minimum Gasteiger partial charge on any atom is -0.457 e. The number of hydrogen-bond acceptors (Lipinski definition) is 6. The van der Waals surface area contributed by atoms with Gasteiger partial charge in [0.05, 0.1) is 11.7 Å². The van der Waals surface area contributed by atoms with Gasteiger partial charge in [-0.3, -0.25) is 4.79 Å². The van der Waals surface area contributed by atoms with Gasteiger partial charge >= 0.3 is 0 Å². The van der Waals surface area contributed by atoms with E-state index in [0.717, 1.165) is 36.6 Å². The highest BCUT2D eigenvalue weighted by atomic mass is 16.5. The van der Waals surface area contributed by atoms with Gasteiger partial charge in [0.1, 0.15) is 11.5 Å². The number of nitrogens with zero attached hydrogens (tertiary/aromatic N) is 2. The normalized spacial score (nSPS) is 15.7. The van der Waals surface area contributed by atoms with Gasteiger partial charge in [-0.05, 0) is 49.2 Å². The first-order chi connectivity index (χ1) is 14.3. The molecule has 2 N–H and O–H groups in total. The van der Waals surface area contributed by atoms with Crippen LogP contribution in [0.4, 0.5) is 11.6 Å². The zero-order valence-electron chi connectivity index (χ0n) is 15.9. The van der Waals surface area contributed by atoms with Crippen molar-refractivity contribution in [3.63, 3.8) is 0 Å². The van der Waals surface area contributed by atoms with Crippen LogP contribution in [0.1, 0.15) is 23.2 Å². The van der Waals surface area contributed by atoms with E-state index < -0.39 is 0 Å². The highest BCUT2D eigenvalue weighted by Gasteiger charge is 2.17. The van der Waals surface area contributed by atoms with Gasteiger partial charge in [-0.15, -0.1) is 0 Å². The van der Waals surface area contributed by atoms with Gasteiger partial charge in [-0.1, -0.05) is 18.2 Å². The Kier molecular flexibility index (Phi) is 5.97. The first-order valence-electron chi connectivity index (χ1n) is 9.58. The number of rotatable bonds is 7. The number of nitrogens with one attached hydrogen (secondary N) is 2. The Balaban J connectivity index is 1.30. The van der Waals surface area contributed by atoms with Gasteiger partial charge in [0, 0.05) is 31.2 Å². The molecule has 4 rings (SSSR count). The molecule has 1 atom stereocenters. The number of carbonyl (C=O) groups is 1. The topological polar surface area (TPSA) is 85.4 Å². The Labute approximate surface area is 169 Å². The smallest absolute Gasteiger partial charge is 0.254 e. The molecular formula is C22H22N4O3. The lowest BCUT2D eigenvalue weighted by atomic mass is 10.2. The highest BCUT2D eigenvalue weighted by Crippen LogP contribution is 2.23. The van der Waals surface area contributed by atoms with E-state index in [1.807, 2.05) is 54.6 Å². The number of benzene rings is 2. The summed E-state index contributed by atoms with van der Waals surface area (Å²) in [6, 6.07) is 17.1. The van der Waals surface area contributed by atoms with Crippen LogP contribution in [0.3, 0.4) is 0 Å². The third-order valence-electron chi connectivity index (χ3n) is 4.52. The number of para-hydroxylation sites is 1. The van der Waals surface area contributed by atoms with Crippen LogP contribution in [0, 0.1) is 0 Å². The molecule has 0 saturated carbocycles. The third-order valence-corrected chi connectivity index (χ3v) is 4.52. The molecule has 7 heteroatoms. The van der Waals surface area contributed by atoms with E-state index in [-0.39, 0.29) is 12.0 Å². The van der Waals surface area contributed by atoms with Gasteiger partial charge in [0.15, 0.2) is 0 Å². The van der Waals surface area contributed by atoms with Gasteiger partial charge in [0.25, 0.3) is 5.91 Å². The maximum absolute atomic E-state index is 12.2. The molecule has 0 aliphatic carbocycles. The van der Waals surface area contributed by atoms with Crippen molar-refractivity contribution in [2.75, 3.05) is 18.5 Å². The summed E-state index contributed by atoms with van der Waals surface area (Å²) in [6.07, 6.45) is 5.15. The molecule has 3 aromatic rings. The number of amides is 1. The number of ether oxygens (including phenoxy) is 2. The number of anilines is 2. The van der Waals surface area contributed by atoms with Crippen LogP contribution in [-0.4, -0.2) is 35.1 Å². The third kappa shape index (κ3) is 5.30. The molecule has 1 fully saturated rings. The van der Waals surface area contributed by atoms with E-state index in [9.17, 15) is 4.79 Å². The fraction of sp³-hybridized carbons (Fsp3) is 0.227. The minimum atomic E-state index is -0.200. The second kappa shape index (κ2) is 9.16. The molecule has 2 aromatic carbocycles. The summed E-state index contributed by atoms with van der Waals surface area (Å²) in [6.45, 7) is 1.28. The van der Waals surface area contributed by atoms with Crippen LogP contribution in [-0.2, 0) is 4.74 Å². The number of carbonyl (C=O) groups excluding carboxylic acids is 1. The Bertz CT molecular complexity index is 925. The summed E-state index contributed by atoms with van der Waals surface area (Å²) in [7, 11) is 0. The van der Waals surface area contributed by atoms with Gasteiger partial charge in [0.2, 0.25) is 5.95 Å². The molecule has 0 radical (unpaired) electrons. The molecule has 0 bridgehead atoms. The Morgan fingerprint density at radius 1 is 1.03 bits per heavy atom. The molecule has 7 nitrogen and oxygen atoms in total. The van der Waals surface area contributed by atoms with Crippen molar-refractivity contribution in [1.82, 2.24) is 15.3 Å².